The first-order chi connectivity index (χ1) is 7.93. The number of carbonyl (C=O) groups excluding carboxylic acids is 1. The molecule has 0 bridgehead atoms. The average Bonchev–Trinajstić information content (AvgIpc) is 2.26. The fraction of sp³-hybridized carbons (Fsp3) is 0.300. The van der Waals surface area contributed by atoms with Crippen molar-refractivity contribution in [3.05, 3.63) is 24.3 Å². The molecule has 0 aliphatic rings. The normalized spacial score (nSPS) is 10.3. The Morgan fingerprint density at radius 1 is 1.33 bits per heavy atom. The van der Waals surface area contributed by atoms with Crippen LogP contribution in [0.1, 0.15) is 19.8 Å². The van der Waals surface area contributed by atoms with Crippen LogP contribution in [-0.4, -0.2) is 40.6 Å². The zero-order valence-corrected chi connectivity index (χ0v) is 16.4. The minimum atomic E-state index is -3.70. The van der Waals surface area contributed by atoms with E-state index in [-0.39, 0.29) is 37.1 Å². The molecular weight excluding hydrogens is 453 g/mol. The van der Waals surface area contributed by atoms with Gasteiger partial charge in [0, 0.05) is 6.42 Å². The first kappa shape index (κ1) is 17.3. The molecule has 0 aliphatic carbocycles. The summed E-state index contributed by atoms with van der Waals surface area (Å²) in [7, 11) is -3.70. The second kappa shape index (κ2) is 7.66. The van der Waals surface area contributed by atoms with Crippen LogP contribution in [0.15, 0.2) is 29.2 Å². The van der Waals surface area contributed by atoms with Gasteiger partial charge in [-0.3, -0.25) is 0 Å². The second-order valence-corrected chi connectivity index (χ2v) is 4.96. The van der Waals surface area contributed by atoms with Gasteiger partial charge in [-0.05, 0) is 30.7 Å². The first-order valence-electron chi connectivity index (χ1n) is 5.02. The summed E-state index contributed by atoms with van der Waals surface area (Å²) in [5.74, 6) is -0.372. The van der Waals surface area contributed by atoms with Gasteiger partial charge in [0.25, 0.3) is 0 Å². The van der Waals surface area contributed by atoms with Crippen LogP contribution in [0.5, 0.6) is 0 Å². The summed E-state index contributed by atoms with van der Waals surface area (Å²) >= 11 is 0. The zero-order chi connectivity index (χ0) is 12.9. The number of hydrogen-bond acceptors (Lipinski definition) is 5. The number of hydrogen-bond donors (Lipinski definition) is 2. The van der Waals surface area contributed by atoms with E-state index < -0.39 is 10.0 Å². The maximum atomic E-state index is 11.0. The summed E-state index contributed by atoms with van der Waals surface area (Å²) in [5.41, 5.74) is 2.90. The van der Waals surface area contributed by atoms with Gasteiger partial charge in [0.1, 0.15) is 0 Å². The SMILES string of the molecule is CCCC(=O)ONc1ccc(S(N)(=O)=O)cc1.[BiH3]. The Bertz CT molecular complexity index is 487. The molecule has 3 N–H and O–H groups in total. The van der Waals surface area contributed by atoms with E-state index in [0.717, 1.165) is 0 Å². The molecule has 0 saturated carbocycles. The van der Waals surface area contributed by atoms with Crippen LogP contribution in [0.4, 0.5) is 5.69 Å². The number of nitrogens with one attached hydrogen (secondary N) is 1. The Kier molecular flexibility index (Phi) is 7.35. The van der Waals surface area contributed by atoms with Crippen LogP contribution in [0.3, 0.4) is 0 Å². The number of nitrogens with two attached hydrogens (primary N) is 1. The summed E-state index contributed by atoms with van der Waals surface area (Å²) in [6, 6.07) is 5.56. The van der Waals surface area contributed by atoms with Gasteiger partial charge in [0.2, 0.25) is 10.0 Å². The maximum absolute atomic E-state index is 11.0. The van der Waals surface area contributed by atoms with Crippen LogP contribution in [0, 0.1) is 0 Å². The van der Waals surface area contributed by atoms with Gasteiger partial charge in [-0.25, -0.2) is 23.8 Å². The Balaban J connectivity index is 0.00000289. The molecule has 0 heterocycles. The van der Waals surface area contributed by atoms with E-state index in [1.165, 1.54) is 24.3 Å². The van der Waals surface area contributed by atoms with Crippen molar-refractivity contribution in [1.29, 1.82) is 0 Å². The topological polar surface area (TPSA) is 98.5 Å². The summed E-state index contributed by atoms with van der Waals surface area (Å²) in [4.78, 5) is 15.8. The standard InChI is InChI=1S/C10H14N2O4S.Bi.3H/c1-2-3-10(13)16-12-8-4-6-9(7-5-8)17(11,14)15;;;;/h4-7,12H,2-3H2,1H3,(H2,11,14,15);;;;. The van der Waals surface area contributed by atoms with Crippen molar-refractivity contribution in [1.82, 2.24) is 0 Å². The number of sulfonamides is 1. The van der Waals surface area contributed by atoms with E-state index in [2.05, 4.69) is 5.48 Å². The molecular formula is C10H17BiN2O4S. The molecule has 102 valence electrons. The predicted octanol–water partition coefficient (Wildman–Crippen LogP) is -0.180. The van der Waals surface area contributed by atoms with E-state index in [1.54, 1.807) is 0 Å². The number of rotatable bonds is 5. The van der Waals surface area contributed by atoms with E-state index in [9.17, 15) is 13.2 Å². The summed E-state index contributed by atoms with van der Waals surface area (Å²) in [6.45, 7) is 1.86. The summed E-state index contributed by atoms with van der Waals surface area (Å²) < 4.78 is 21.9. The fourth-order valence-corrected chi connectivity index (χ4v) is 1.60. The van der Waals surface area contributed by atoms with Gasteiger partial charge < -0.3 is 4.84 Å². The van der Waals surface area contributed by atoms with Crippen molar-refractivity contribution in [2.24, 2.45) is 5.14 Å². The summed E-state index contributed by atoms with van der Waals surface area (Å²) in [6.07, 6.45) is 1.02. The van der Waals surface area contributed by atoms with Crippen LogP contribution in [-0.2, 0) is 19.7 Å². The van der Waals surface area contributed by atoms with Gasteiger partial charge in [-0.1, -0.05) is 6.92 Å². The van der Waals surface area contributed by atoms with E-state index in [1.807, 2.05) is 6.92 Å². The molecule has 0 spiro atoms. The van der Waals surface area contributed by atoms with Crippen molar-refractivity contribution >= 4 is 47.9 Å². The van der Waals surface area contributed by atoms with Crippen LogP contribution in [0.2, 0.25) is 0 Å². The fourth-order valence-electron chi connectivity index (χ4n) is 1.08. The quantitative estimate of drug-likeness (QED) is 0.460. The Hall–Kier alpha value is -0.717. The van der Waals surface area contributed by atoms with Crippen LogP contribution < -0.4 is 10.6 Å². The molecule has 0 aromatic heterocycles. The Labute approximate surface area is 125 Å². The molecule has 0 atom stereocenters. The molecule has 0 aliphatic heterocycles. The van der Waals surface area contributed by atoms with E-state index in [4.69, 9.17) is 9.98 Å². The first-order valence-corrected chi connectivity index (χ1v) is 6.56. The van der Waals surface area contributed by atoms with Gasteiger partial charge in [0.15, 0.2) is 0 Å². The van der Waals surface area contributed by atoms with Crippen molar-refractivity contribution in [2.75, 3.05) is 5.48 Å². The molecule has 0 unspecified atom stereocenters. The van der Waals surface area contributed by atoms with Crippen molar-refractivity contribution in [3.63, 3.8) is 0 Å². The van der Waals surface area contributed by atoms with Gasteiger partial charge in [-0.2, -0.15) is 0 Å². The third-order valence-electron chi connectivity index (χ3n) is 1.92. The zero-order valence-electron chi connectivity index (χ0n) is 10.0. The number of benzene rings is 1. The molecule has 1 rings (SSSR count). The van der Waals surface area contributed by atoms with Crippen molar-refractivity contribution in [3.8, 4) is 0 Å². The minimum absolute atomic E-state index is 0. The monoisotopic (exact) mass is 470 g/mol. The molecule has 6 nitrogen and oxygen atoms in total. The van der Waals surface area contributed by atoms with Crippen molar-refractivity contribution < 1.29 is 18.0 Å². The average molecular weight is 470 g/mol. The van der Waals surface area contributed by atoms with E-state index >= 15 is 0 Å². The van der Waals surface area contributed by atoms with E-state index in [0.29, 0.717) is 18.5 Å². The predicted molar refractivity (Wildman–Crippen MR) is 72.4 cm³/mol. The molecule has 0 fully saturated rings. The van der Waals surface area contributed by atoms with Crippen molar-refractivity contribution in [2.45, 2.75) is 24.7 Å². The molecule has 0 saturated heterocycles. The molecule has 1 aromatic rings. The second-order valence-electron chi connectivity index (χ2n) is 3.40. The molecule has 0 radical (unpaired) electrons. The number of carbonyl (C=O) groups is 1. The molecule has 8 heteroatoms. The third kappa shape index (κ3) is 5.75. The van der Waals surface area contributed by atoms with Gasteiger partial charge >= 0.3 is 32.2 Å². The Morgan fingerprint density at radius 2 is 1.89 bits per heavy atom. The van der Waals surface area contributed by atoms with Gasteiger partial charge in [0.05, 0.1) is 10.6 Å². The third-order valence-corrected chi connectivity index (χ3v) is 2.85. The molecule has 1 aromatic carbocycles. The number of anilines is 1. The molecule has 18 heavy (non-hydrogen) atoms. The van der Waals surface area contributed by atoms with Crippen LogP contribution >= 0.6 is 0 Å². The van der Waals surface area contributed by atoms with Crippen LogP contribution in [0.25, 0.3) is 0 Å². The number of primary sulfonamides is 1. The summed E-state index contributed by atoms with van der Waals surface area (Å²) in [5, 5.41) is 4.94. The van der Waals surface area contributed by atoms with Gasteiger partial charge in [-0.15, -0.1) is 0 Å². The Morgan fingerprint density at radius 3 is 2.33 bits per heavy atom. The molecule has 0 amide bonds.